The fraction of sp³-hybridized carbons (Fsp3) is 0.381. The molecule has 0 radical (unpaired) electrons. The lowest BCUT2D eigenvalue weighted by Gasteiger charge is -2.39. The molecule has 29 heavy (non-hydrogen) atoms. The Labute approximate surface area is 172 Å². The van der Waals surface area contributed by atoms with Crippen molar-refractivity contribution in [3.63, 3.8) is 0 Å². The lowest BCUT2D eigenvalue weighted by molar-refractivity contribution is 0.186. The van der Waals surface area contributed by atoms with Crippen molar-refractivity contribution in [2.75, 3.05) is 27.2 Å². The first-order valence-corrected chi connectivity index (χ1v) is 10.9. The van der Waals surface area contributed by atoms with Crippen LogP contribution >= 0.6 is 0 Å². The van der Waals surface area contributed by atoms with Crippen LogP contribution in [0.1, 0.15) is 24.0 Å². The zero-order valence-electron chi connectivity index (χ0n) is 17.1. The normalized spacial score (nSPS) is 15.6. The molecule has 0 spiro atoms. The van der Waals surface area contributed by atoms with Crippen molar-refractivity contribution in [3.05, 3.63) is 65.7 Å². The molecule has 0 atom stereocenters. The van der Waals surface area contributed by atoms with Gasteiger partial charge in [-0.3, -0.25) is 4.55 Å². The lowest BCUT2D eigenvalue weighted by atomic mass is 9.81. The number of hydrogen-bond donors (Lipinski definition) is 3. The number of rotatable bonds is 3. The van der Waals surface area contributed by atoms with Crippen molar-refractivity contribution >= 4 is 16.1 Å². The van der Waals surface area contributed by atoms with Gasteiger partial charge in [0, 0.05) is 14.1 Å². The molecule has 3 rings (SSSR count). The molecule has 3 N–H and O–H groups in total. The van der Waals surface area contributed by atoms with Crippen molar-refractivity contribution in [3.8, 4) is 0 Å². The molecular formula is C21H29N3O4S. The highest BCUT2D eigenvalue weighted by Gasteiger charge is 2.35. The van der Waals surface area contributed by atoms with Gasteiger partial charge in [0.25, 0.3) is 10.1 Å². The molecule has 2 aromatic carbocycles. The Morgan fingerprint density at radius 1 is 1.03 bits per heavy atom. The summed E-state index contributed by atoms with van der Waals surface area (Å²) >= 11 is 0. The molecule has 8 heteroatoms. The van der Waals surface area contributed by atoms with Crippen LogP contribution in [0.3, 0.4) is 0 Å². The van der Waals surface area contributed by atoms with Crippen LogP contribution in [0.15, 0.2) is 59.5 Å². The minimum absolute atomic E-state index is 0.0271. The number of urea groups is 1. The van der Waals surface area contributed by atoms with E-state index in [0.29, 0.717) is 0 Å². The van der Waals surface area contributed by atoms with E-state index in [-0.39, 0.29) is 16.5 Å². The highest BCUT2D eigenvalue weighted by molar-refractivity contribution is 7.85. The summed E-state index contributed by atoms with van der Waals surface area (Å²) in [5.74, 6) is 0. The van der Waals surface area contributed by atoms with Crippen LogP contribution in [0.5, 0.6) is 0 Å². The minimum Gasteiger partial charge on any atom is -0.331 e. The third-order valence-electron chi connectivity index (χ3n) is 4.85. The molecule has 1 fully saturated rings. The van der Waals surface area contributed by atoms with Gasteiger partial charge >= 0.3 is 6.03 Å². The number of amides is 2. The summed E-state index contributed by atoms with van der Waals surface area (Å²) in [7, 11) is -0.474. The van der Waals surface area contributed by atoms with E-state index in [4.69, 9.17) is 4.55 Å². The summed E-state index contributed by atoms with van der Waals surface area (Å²) in [4.78, 5) is 13.5. The van der Waals surface area contributed by atoms with Crippen LogP contribution in [0.4, 0.5) is 4.79 Å². The average Bonchev–Trinajstić information content (AvgIpc) is 2.69. The van der Waals surface area contributed by atoms with Crippen LogP contribution in [-0.4, -0.2) is 51.1 Å². The van der Waals surface area contributed by atoms with Crippen molar-refractivity contribution in [2.24, 2.45) is 0 Å². The van der Waals surface area contributed by atoms with E-state index < -0.39 is 10.1 Å². The minimum atomic E-state index is -4.02. The first-order chi connectivity index (χ1) is 13.6. The first kappa shape index (κ1) is 22.9. The standard InChI is InChI=1S/C14H21N3O.C7H8O3S/c1-17(2)13(18)16-14(8-10-15-11-9-14)12-6-4-3-5-7-12;1-6-2-4-7(5-3-6)11(8,9)10/h3-7,15H,8-11H2,1-2H3,(H,16,18);2-5H,1H3,(H,8,9,10). The van der Waals surface area contributed by atoms with Crippen molar-refractivity contribution in [1.82, 2.24) is 15.5 Å². The number of carbonyl (C=O) groups is 1. The molecule has 1 aliphatic heterocycles. The average molecular weight is 420 g/mol. The third kappa shape index (κ3) is 6.56. The molecule has 0 bridgehead atoms. The maximum Gasteiger partial charge on any atom is 0.317 e. The van der Waals surface area contributed by atoms with E-state index in [1.165, 1.54) is 17.7 Å². The molecule has 0 aromatic heterocycles. The van der Waals surface area contributed by atoms with Crippen molar-refractivity contribution in [2.45, 2.75) is 30.2 Å². The number of hydrogen-bond acceptors (Lipinski definition) is 4. The Bertz CT molecular complexity index is 891. The molecule has 1 heterocycles. The smallest absolute Gasteiger partial charge is 0.317 e. The molecule has 7 nitrogen and oxygen atoms in total. The number of nitrogens with one attached hydrogen (secondary N) is 2. The van der Waals surface area contributed by atoms with E-state index in [1.54, 1.807) is 31.1 Å². The zero-order chi connectivity index (χ0) is 21.5. The Hall–Kier alpha value is -2.42. The molecule has 0 unspecified atom stereocenters. The Morgan fingerprint density at radius 2 is 1.59 bits per heavy atom. The van der Waals surface area contributed by atoms with Crippen LogP contribution in [0.25, 0.3) is 0 Å². The van der Waals surface area contributed by atoms with Crippen LogP contribution in [0, 0.1) is 6.92 Å². The second-order valence-corrected chi connectivity index (χ2v) is 8.73. The SMILES string of the molecule is CN(C)C(=O)NC1(c2ccccc2)CCNCC1.Cc1ccc(S(=O)(=O)O)cc1. The van der Waals surface area contributed by atoms with Gasteiger partial charge in [-0.25, -0.2) is 4.79 Å². The van der Waals surface area contributed by atoms with Gasteiger partial charge in [0.15, 0.2) is 0 Å². The number of nitrogens with zero attached hydrogens (tertiary/aromatic N) is 1. The molecule has 0 saturated carbocycles. The highest BCUT2D eigenvalue weighted by Crippen LogP contribution is 2.30. The summed E-state index contributed by atoms with van der Waals surface area (Å²) in [5.41, 5.74) is 1.92. The van der Waals surface area contributed by atoms with E-state index in [9.17, 15) is 13.2 Å². The number of benzene rings is 2. The summed E-state index contributed by atoms with van der Waals surface area (Å²) in [6.45, 7) is 3.71. The second kappa shape index (κ2) is 9.87. The third-order valence-corrected chi connectivity index (χ3v) is 5.72. The van der Waals surface area contributed by atoms with E-state index in [1.807, 2.05) is 25.1 Å². The monoisotopic (exact) mass is 419 g/mol. The molecule has 2 amide bonds. The first-order valence-electron chi connectivity index (χ1n) is 9.44. The van der Waals surface area contributed by atoms with Gasteiger partial charge in [-0.15, -0.1) is 0 Å². The molecule has 1 aliphatic rings. The van der Waals surface area contributed by atoms with Gasteiger partial charge in [-0.05, 0) is 50.6 Å². The van der Waals surface area contributed by atoms with Gasteiger partial charge in [-0.1, -0.05) is 48.0 Å². The molecular weight excluding hydrogens is 390 g/mol. The van der Waals surface area contributed by atoms with Gasteiger partial charge in [0.2, 0.25) is 0 Å². The summed E-state index contributed by atoms with van der Waals surface area (Å²) in [6.07, 6.45) is 1.85. The van der Waals surface area contributed by atoms with Gasteiger partial charge in [-0.2, -0.15) is 8.42 Å². The van der Waals surface area contributed by atoms with E-state index in [0.717, 1.165) is 31.5 Å². The predicted molar refractivity (Wildman–Crippen MR) is 113 cm³/mol. The van der Waals surface area contributed by atoms with Gasteiger partial charge in [0.05, 0.1) is 10.4 Å². The number of piperidine rings is 1. The Kier molecular flexibility index (Phi) is 7.78. The van der Waals surface area contributed by atoms with Crippen LogP contribution < -0.4 is 10.6 Å². The zero-order valence-corrected chi connectivity index (χ0v) is 17.9. The molecule has 2 aromatic rings. The lowest BCUT2D eigenvalue weighted by Crippen LogP contribution is -2.54. The summed E-state index contributed by atoms with van der Waals surface area (Å²) < 4.78 is 29.6. The van der Waals surface area contributed by atoms with Gasteiger partial charge < -0.3 is 15.5 Å². The number of carbonyl (C=O) groups excluding carboxylic acids is 1. The quantitative estimate of drug-likeness (QED) is 0.665. The van der Waals surface area contributed by atoms with Crippen LogP contribution in [-0.2, 0) is 15.7 Å². The van der Waals surface area contributed by atoms with E-state index >= 15 is 0 Å². The maximum atomic E-state index is 12.0. The second-order valence-electron chi connectivity index (χ2n) is 7.31. The maximum absolute atomic E-state index is 12.0. The fourth-order valence-electron chi connectivity index (χ4n) is 3.12. The Morgan fingerprint density at radius 3 is 2.07 bits per heavy atom. The molecule has 158 valence electrons. The summed E-state index contributed by atoms with van der Waals surface area (Å²) in [6, 6.07) is 16.2. The molecule has 0 aliphatic carbocycles. The Balaban J connectivity index is 0.000000234. The summed E-state index contributed by atoms with van der Waals surface area (Å²) in [5, 5.41) is 6.54. The van der Waals surface area contributed by atoms with Gasteiger partial charge in [0.1, 0.15) is 0 Å². The predicted octanol–water partition coefficient (Wildman–Crippen LogP) is 2.78. The number of aryl methyl sites for hydroxylation is 1. The van der Waals surface area contributed by atoms with Crippen LogP contribution in [0.2, 0.25) is 0 Å². The topological polar surface area (TPSA) is 98.7 Å². The highest BCUT2D eigenvalue weighted by atomic mass is 32.2. The molecule has 1 saturated heterocycles. The fourth-order valence-corrected chi connectivity index (χ4v) is 3.60. The van der Waals surface area contributed by atoms with E-state index in [2.05, 4.69) is 22.8 Å². The largest absolute Gasteiger partial charge is 0.331 e. The van der Waals surface area contributed by atoms with Crippen molar-refractivity contribution in [1.29, 1.82) is 0 Å². The van der Waals surface area contributed by atoms with Crippen molar-refractivity contribution < 1.29 is 17.8 Å².